The monoisotopic (exact) mass is 254 g/mol. The molecule has 1 fully saturated rings. The second-order valence-electron chi connectivity index (χ2n) is 4.62. The van der Waals surface area contributed by atoms with E-state index < -0.39 is 0 Å². The van der Waals surface area contributed by atoms with Crippen LogP contribution in [-0.2, 0) is 9.31 Å². The average molecular weight is 254 g/mol. The highest BCUT2D eigenvalue weighted by Gasteiger charge is 2.51. The van der Waals surface area contributed by atoms with Crippen LogP contribution in [0, 0.1) is 0 Å². The molecule has 0 atom stereocenters. The Bertz CT molecular complexity index is 308. The highest BCUT2D eigenvalue weighted by atomic mass is 16.7. The molecule has 1 aliphatic heterocycles. The summed E-state index contributed by atoms with van der Waals surface area (Å²) in [4.78, 5) is 0. The molecule has 0 unspecified atom stereocenters. The van der Waals surface area contributed by atoms with E-state index in [1.54, 1.807) is 12.4 Å². The first-order valence-electron chi connectivity index (χ1n) is 6.77. The summed E-state index contributed by atoms with van der Waals surface area (Å²) in [5.41, 5.74) is 0.368. The van der Waals surface area contributed by atoms with Crippen LogP contribution in [0.25, 0.3) is 0 Å². The van der Waals surface area contributed by atoms with Crippen molar-refractivity contribution >= 4 is 12.6 Å². The van der Waals surface area contributed by atoms with Crippen LogP contribution in [0.1, 0.15) is 55.4 Å². The minimum atomic E-state index is -0.307. The SMILES string of the molecule is CC.CC.CC1(C)OB(c2cn[nH]c2)OC1(C)C. The standard InChI is InChI=1S/C9H15BN2O2.2C2H6/c1-8(2)9(3,4)14-10(13-8)7-5-11-12-6-7;2*1-2/h5-6H,1-4H3,(H,11,12);2*1-2H3. The Morgan fingerprint density at radius 2 is 1.44 bits per heavy atom. The predicted molar refractivity (Wildman–Crippen MR) is 77.0 cm³/mol. The van der Waals surface area contributed by atoms with Crippen molar-refractivity contribution in [2.45, 2.75) is 66.6 Å². The van der Waals surface area contributed by atoms with E-state index in [-0.39, 0.29) is 18.3 Å². The first-order chi connectivity index (χ1) is 8.42. The zero-order chi connectivity index (χ0) is 14.4. The fraction of sp³-hybridized carbons (Fsp3) is 0.769. The van der Waals surface area contributed by atoms with Gasteiger partial charge in [-0.05, 0) is 27.7 Å². The number of aromatic nitrogens is 2. The minimum Gasteiger partial charge on any atom is -0.399 e. The number of nitrogens with one attached hydrogen (secondary N) is 1. The minimum absolute atomic E-state index is 0.283. The van der Waals surface area contributed by atoms with Crippen molar-refractivity contribution in [3.8, 4) is 0 Å². The molecule has 0 bridgehead atoms. The molecule has 4 nitrogen and oxygen atoms in total. The van der Waals surface area contributed by atoms with Gasteiger partial charge in [-0.3, -0.25) is 5.10 Å². The average Bonchev–Trinajstić information content (AvgIpc) is 2.92. The molecule has 0 aliphatic carbocycles. The maximum Gasteiger partial charge on any atom is 0.498 e. The molecule has 0 saturated carbocycles. The van der Waals surface area contributed by atoms with E-state index in [9.17, 15) is 0 Å². The van der Waals surface area contributed by atoms with Crippen molar-refractivity contribution < 1.29 is 9.31 Å². The summed E-state index contributed by atoms with van der Waals surface area (Å²) in [6.07, 6.45) is 3.52. The van der Waals surface area contributed by atoms with Crippen LogP contribution >= 0.6 is 0 Å². The summed E-state index contributed by atoms with van der Waals surface area (Å²) in [7, 11) is -0.307. The highest BCUT2D eigenvalue weighted by molar-refractivity contribution is 6.61. The summed E-state index contributed by atoms with van der Waals surface area (Å²) in [5.74, 6) is 0. The van der Waals surface area contributed by atoms with Gasteiger partial charge in [0.2, 0.25) is 0 Å². The Morgan fingerprint density at radius 1 is 1.00 bits per heavy atom. The smallest absolute Gasteiger partial charge is 0.399 e. The van der Waals surface area contributed by atoms with Gasteiger partial charge in [-0.1, -0.05) is 27.7 Å². The van der Waals surface area contributed by atoms with Crippen molar-refractivity contribution in [2.24, 2.45) is 0 Å². The van der Waals surface area contributed by atoms with Crippen LogP contribution in [0.5, 0.6) is 0 Å². The number of aromatic amines is 1. The molecule has 0 spiro atoms. The van der Waals surface area contributed by atoms with Crippen LogP contribution in [0.15, 0.2) is 12.4 Å². The largest absolute Gasteiger partial charge is 0.498 e. The summed E-state index contributed by atoms with van der Waals surface area (Å²) >= 11 is 0. The molecule has 1 saturated heterocycles. The molecular formula is C13H27BN2O2. The van der Waals surface area contributed by atoms with Gasteiger partial charge < -0.3 is 9.31 Å². The van der Waals surface area contributed by atoms with Gasteiger partial charge in [0, 0.05) is 17.9 Å². The van der Waals surface area contributed by atoms with Gasteiger partial charge >= 0.3 is 7.12 Å². The van der Waals surface area contributed by atoms with Gasteiger partial charge in [-0.15, -0.1) is 0 Å². The number of nitrogens with zero attached hydrogens (tertiary/aromatic N) is 1. The molecule has 0 aromatic carbocycles. The van der Waals surface area contributed by atoms with Crippen molar-refractivity contribution in [3.63, 3.8) is 0 Å². The van der Waals surface area contributed by atoms with Crippen molar-refractivity contribution in [1.29, 1.82) is 0 Å². The molecule has 1 aliphatic rings. The van der Waals surface area contributed by atoms with Crippen LogP contribution in [0.4, 0.5) is 0 Å². The maximum atomic E-state index is 5.83. The van der Waals surface area contributed by atoms with Gasteiger partial charge in [0.15, 0.2) is 0 Å². The van der Waals surface area contributed by atoms with Crippen molar-refractivity contribution in [3.05, 3.63) is 12.4 Å². The van der Waals surface area contributed by atoms with Crippen LogP contribution in [-0.4, -0.2) is 28.5 Å². The van der Waals surface area contributed by atoms with Crippen LogP contribution in [0.2, 0.25) is 0 Å². The van der Waals surface area contributed by atoms with E-state index in [1.807, 2.05) is 55.4 Å². The van der Waals surface area contributed by atoms with Crippen molar-refractivity contribution in [2.75, 3.05) is 0 Å². The lowest BCUT2D eigenvalue weighted by molar-refractivity contribution is 0.00578. The number of hydrogen-bond donors (Lipinski definition) is 1. The zero-order valence-electron chi connectivity index (χ0n) is 13.0. The van der Waals surface area contributed by atoms with Crippen LogP contribution < -0.4 is 5.46 Å². The van der Waals surface area contributed by atoms with E-state index in [0.29, 0.717) is 0 Å². The topological polar surface area (TPSA) is 47.1 Å². The molecule has 0 amide bonds. The summed E-state index contributed by atoms with van der Waals surface area (Å²) < 4.78 is 11.7. The van der Waals surface area contributed by atoms with E-state index in [0.717, 1.165) is 5.46 Å². The third kappa shape index (κ3) is 3.59. The molecule has 5 heteroatoms. The third-order valence-electron chi connectivity index (χ3n) is 3.04. The lowest BCUT2D eigenvalue weighted by Gasteiger charge is -2.32. The van der Waals surface area contributed by atoms with Crippen molar-refractivity contribution in [1.82, 2.24) is 10.2 Å². The summed E-state index contributed by atoms with van der Waals surface area (Å²) in [6.45, 7) is 16.1. The van der Waals surface area contributed by atoms with E-state index in [1.165, 1.54) is 0 Å². The summed E-state index contributed by atoms with van der Waals surface area (Å²) in [5, 5.41) is 6.63. The fourth-order valence-corrected chi connectivity index (χ4v) is 1.37. The Morgan fingerprint density at radius 3 is 1.78 bits per heavy atom. The molecule has 18 heavy (non-hydrogen) atoms. The summed E-state index contributed by atoms with van der Waals surface area (Å²) in [6, 6.07) is 0. The second-order valence-corrected chi connectivity index (χ2v) is 4.62. The molecule has 0 radical (unpaired) electrons. The molecule has 1 aromatic rings. The Kier molecular flexibility index (Phi) is 6.64. The molecule has 2 rings (SSSR count). The molecule has 2 heterocycles. The Labute approximate surface area is 112 Å². The fourth-order valence-electron chi connectivity index (χ4n) is 1.37. The normalized spacial score (nSPS) is 19.4. The maximum absolute atomic E-state index is 5.83. The molecule has 104 valence electrons. The van der Waals surface area contributed by atoms with Crippen LogP contribution in [0.3, 0.4) is 0 Å². The van der Waals surface area contributed by atoms with E-state index in [2.05, 4.69) is 10.2 Å². The first-order valence-corrected chi connectivity index (χ1v) is 6.77. The lowest BCUT2D eigenvalue weighted by Crippen LogP contribution is -2.41. The van der Waals surface area contributed by atoms with Gasteiger partial charge in [0.1, 0.15) is 0 Å². The van der Waals surface area contributed by atoms with Gasteiger partial charge in [-0.25, -0.2) is 0 Å². The Balaban J connectivity index is 0.000000659. The Hall–Kier alpha value is -0.805. The van der Waals surface area contributed by atoms with Gasteiger partial charge in [-0.2, -0.15) is 5.10 Å². The lowest BCUT2D eigenvalue weighted by atomic mass is 9.82. The molecule has 1 N–H and O–H groups in total. The number of rotatable bonds is 1. The predicted octanol–water partition coefficient (Wildman–Crippen LogP) is 2.76. The van der Waals surface area contributed by atoms with E-state index >= 15 is 0 Å². The number of hydrogen-bond acceptors (Lipinski definition) is 3. The zero-order valence-corrected chi connectivity index (χ0v) is 13.0. The van der Waals surface area contributed by atoms with E-state index in [4.69, 9.17) is 9.31 Å². The molecule has 1 aromatic heterocycles. The quantitative estimate of drug-likeness (QED) is 0.784. The number of H-pyrrole nitrogens is 1. The third-order valence-corrected chi connectivity index (χ3v) is 3.04. The van der Waals surface area contributed by atoms with Gasteiger partial charge in [0.05, 0.1) is 11.2 Å². The first kappa shape index (κ1) is 17.2. The second kappa shape index (κ2) is 6.95. The molecular weight excluding hydrogens is 227 g/mol. The van der Waals surface area contributed by atoms with Gasteiger partial charge in [0.25, 0.3) is 0 Å². The highest BCUT2D eigenvalue weighted by Crippen LogP contribution is 2.36.